The molecule has 0 spiro atoms. The number of pyridine rings is 1. The lowest BCUT2D eigenvalue weighted by Gasteiger charge is -2.04. The predicted molar refractivity (Wildman–Crippen MR) is 65.5 cm³/mol. The van der Waals surface area contributed by atoms with Crippen molar-refractivity contribution in [3.05, 3.63) is 59.2 Å². The van der Waals surface area contributed by atoms with Gasteiger partial charge in [-0.15, -0.1) is 0 Å². The molecule has 0 fully saturated rings. The van der Waals surface area contributed by atoms with E-state index in [1.54, 1.807) is 30.3 Å². The van der Waals surface area contributed by atoms with Crippen molar-refractivity contribution in [2.75, 3.05) is 6.61 Å². The van der Waals surface area contributed by atoms with Crippen molar-refractivity contribution in [1.29, 1.82) is 0 Å². The summed E-state index contributed by atoms with van der Waals surface area (Å²) in [7, 11) is 0. The van der Waals surface area contributed by atoms with Gasteiger partial charge in [-0.1, -0.05) is 48.0 Å². The van der Waals surface area contributed by atoms with Crippen molar-refractivity contribution in [2.45, 2.75) is 0 Å². The van der Waals surface area contributed by atoms with Crippen molar-refractivity contribution >= 4 is 17.4 Å². The zero-order valence-electron chi connectivity index (χ0n) is 8.97. The van der Waals surface area contributed by atoms with Gasteiger partial charge >= 0.3 is 0 Å². The summed E-state index contributed by atoms with van der Waals surface area (Å²) < 4.78 is 5.26. The lowest BCUT2D eigenvalue weighted by atomic mass is 10.1. The van der Waals surface area contributed by atoms with Gasteiger partial charge in [-0.05, 0) is 6.07 Å². The van der Waals surface area contributed by atoms with Gasteiger partial charge in [-0.2, -0.15) is 0 Å². The highest BCUT2D eigenvalue weighted by Gasteiger charge is 2.06. The first kappa shape index (κ1) is 11.6. The van der Waals surface area contributed by atoms with E-state index in [0.717, 1.165) is 0 Å². The van der Waals surface area contributed by atoms with Crippen LogP contribution in [0.15, 0.2) is 48.5 Å². The first-order valence-electron chi connectivity index (χ1n) is 5.09. The van der Waals surface area contributed by atoms with Crippen LogP contribution in [0.3, 0.4) is 0 Å². The van der Waals surface area contributed by atoms with Gasteiger partial charge in [-0.25, -0.2) is 4.98 Å². The van der Waals surface area contributed by atoms with Crippen LogP contribution >= 0.6 is 11.6 Å². The topological polar surface area (TPSA) is 39.2 Å². The minimum atomic E-state index is -0.0904. The van der Waals surface area contributed by atoms with Crippen molar-refractivity contribution in [2.24, 2.45) is 0 Å². The first-order chi connectivity index (χ1) is 8.25. The average Bonchev–Trinajstić information content (AvgIpc) is 2.37. The van der Waals surface area contributed by atoms with Crippen LogP contribution in [0.4, 0.5) is 0 Å². The number of rotatable bonds is 4. The Kier molecular flexibility index (Phi) is 3.73. The quantitative estimate of drug-likeness (QED) is 0.616. The van der Waals surface area contributed by atoms with E-state index in [-0.39, 0.29) is 12.4 Å². The first-order valence-corrected chi connectivity index (χ1v) is 5.47. The summed E-state index contributed by atoms with van der Waals surface area (Å²) in [5.41, 5.74) is 0.620. The van der Waals surface area contributed by atoms with E-state index < -0.39 is 0 Å². The fourth-order valence-electron chi connectivity index (χ4n) is 1.32. The zero-order chi connectivity index (χ0) is 12.1. The SMILES string of the molecule is O=C(COc1cccc(Cl)n1)c1ccccc1. The van der Waals surface area contributed by atoms with Gasteiger partial charge in [0.15, 0.2) is 12.4 Å². The smallest absolute Gasteiger partial charge is 0.215 e. The van der Waals surface area contributed by atoms with Crippen LogP contribution in [0.1, 0.15) is 10.4 Å². The molecule has 86 valence electrons. The zero-order valence-corrected chi connectivity index (χ0v) is 9.72. The molecule has 0 saturated heterocycles. The fourth-order valence-corrected chi connectivity index (χ4v) is 1.47. The van der Waals surface area contributed by atoms with Gasteiger partial charge in [0.2, 0.25) is 5.88 Å². The number of carbonyl (C=O) groups excluding carboxylic acids is 1. The number of ketones is 1. The molecule has 0 atom stereocenters. The van der Waals surface area contributed by atoms with E-state index in [4.69, 9.17) is 16.3 Å². The maximum atomic E-state index is 11.7. The van der Waals surface area contributed by atoms with Crippen LogP contribution in [0.5, 0.6) is 5.88 Å². The molecule has 0 saturated carbocycles. The molecule has 2 rings (SSSR count). The Bertz CT molecular complexity index is 514. The van der Waals surface area contributed by atoms with Gasteiger partial charge < -0.3 is 4.74 Å². The van der Waals surface area contributed by atoms with Gasteiger partial charge in [0.1, 0.15) is 5.15 Å². The predicted octanol–water partition coefficient (Wildman–Crippen LogP) is 3.00. The number of carbonyl (C=O) groups is 1. The molecule has 17 heavy (non-hydrogen) atoms. The molecule has 0 aliphatic heterocycles. The molecule has 0 aliphatic carbocycles. The van der Waals surface area contributed by atoms with Crippen molar-refractivity contribution < 1.29 is 9.53 Å². The largest absolute Gasteiger partial charge is 0.469 e. The summed E-state index contributed by atoms with van der Waals surface area (Å²) in [5.74, 6) is 0.258. The molecule has 0 radical (unpaired) electrons. The molecule has 2 aromatic rings. The maximum Gasteiger partial charge on any atom is 0.215 e. The molecule has 0 N–H and O–H groups in total. The van der Waals surface area contributed by atoms with Crippen LogP contribution < -0.4 is 4.74 Å². The van der Waals surface area contributed by atoms with Gasteiger partial charge in [0.25, 0.3) is 0 Å². The Morgan fingerprint density at radius 3 is 2.59 bits per heavy atom. The number of aromatic nitrogens is 1. The van der Waals surface area contributed by atoms with E-state index >= 15 is 0 Å². The van der Waals surface area contributed by atoms with Crippen molar-refractivity contribution in [3.8, 4) is 5.88 Å². The molecular formula is C13H10ClNO2. The van der Waals surface area contributed by atoms with E-state index in [2.05, 4.69) is 4.98 Å². The monoisotopic (exact) mass is 247 g/mol. The second-order valence-electron chi connectivity index (χ2n) is 3.38. The Hall–Kier alpha value is -1.87. The second kappa shape index (κ2) is 5.46. The minimum absolute atomic E-state index is 0.0443. The molecule has 0 amide bonds. The normalized spacial score (nSPS) is 9.94. The Labute approximate surface area is 104 Å². The summed E-state index contributed by atoms with van der Waals surface area (Å²) >= 11 is 5.70. The van der Waals surface area contributed by atoms with Crippen LogP contribution in [-0.4, -0.2) is 17.4 Å². The fraction of sp³-hybridized carbons (Fsp3) is 0.0769. The highest BCUT2D eigenvalue weighted by Crippen LogP contribution is 2.11. The molecule has 1 aromatic heterocycles. The summed E-state index contributed by atoms with van der Waals surface area (Å²) in [4.78, 5) is 15.6. The third-order valence-corrected chi connectivity index (χ3v) is 2.35. The van der Waals surface area contributed by atoms with E-state index in [1.807, 2.05) is 18.2 Å². The molecule has 1 heterocycles. The third-order valence-electron chi connectivity index (χ3n) is 2.14. The number of benzene rings is 1. The molecule has 1 aromatic carbocycles. The van der Waals surface area contributed by atoms with E-state index in [1.165, 1.54) is 0 Å². The summed E-state index contributed by atoms with van der Waals surface area (Å²) in [5, 5.41) is 0.342. The van der Waals surface area contributed by atoms with E-state index in [0.29, 0.717) is 16.6 Å². The maximum absolute atomic E-state index is 11.7. The second-order valence-corrected chi connectivity index (χ2v) is 3.76. The van der Waals surface area contributed by atoms with Crippen LogP contribution in [-0.2, 0) is 0 Å². The third kappa shape index (κ3) is 3.29. The Balaban J connectivity index is 1.97. The van der Waals surface area contributed by atoms with Gasteiger partial charge in [0.05, 0.1) is 0 Å². The molecule has 0 unspecified atom stereocenters. The lowest BCUT2D eigenvalue weighted by Crippen LogP contribution is -2.11. The summed E-state index contributed by atoms with van der Waals surface area (Å²) in [6, 6.07) is 14.0. The number of hydrogen-bond acceptors (Lipinski definition) is 3. The van der Waals surface area contributed by atoms with Crippen molar-refractivity contribution in [1.82, 2.24) is 4.98 Å². The molecule has 3 nitrogen and oxygen atoms in total. The van der Waals surface area contributed by atoms with Crippen LogP contribution in [0.25, 0.3) is 0 Å². The standard InChI is InChI=1S/C13H10ClNO2/c14-12-7-4-8-13(15-12)17-9-11(16)10-5-2-1-3-6-10/h1-8H,9H2. The molecule has 0 bridgehead atoms. The van der Waals surface area contributed by atoms with Crippen LogP contribution in [0.2, 0.25) is 5.15 Å². The number of nitrogens with zero attached hydrogens (tertiary/aromatic N) is 1. The molecule has 4 heteroatoms. The van der Waals surface area contributed by atoms with Crippen LogP contribution in [0, 0.1) is 0 Å². The van der Waals surface area contributed by atoms with Crippen molar-refractivity contribution in [3.63, 3.8) is 0 Å². The summed E-state index contributed by atoms with van der Waals surface area (Å²) in [6.07, 6.45) is 0. The number of hydrogen-bond donors (Lipinski definition) is 0. The highest BCUT2D eigenvalue weighted by atomic mass is 35.5. The molecular weight excluding hydrogens is 238 g/mol. The van der Waals surface area contributed by atoms with Gasteiger partial charge in [0, 0.05) is 11.6 Å². The lowest BCUT2D eigenvalue weighted by molar-refractivity contribution is 0.0918. The Morgan fingerprint density at radius 2 is 1.88 bits per heavy atom. The highest BCUT2D eigenvalue weighted by molar-refractivity contribution is 6.29. The number of halogens is 1. The minimum Gasteiger partial charge on any atom is -0.469 e. The van der Waals surface area contributed by atoms with E-state index in [9.17, 15) is 4.79 Å². The average molecular weight is 248 g/mol. The molecule has 0 aliphatic rings. The van der Waals surface area contributed by atoms with Gasteiger partial charge in [-0.3, -0.25) is 4.79 Å². The Morgan fingerprint density at radius 1 is 1.12 bits per heavy atom. The summed E-state index contributed by atoms with van der Waals surface area (Å²) in [6.45, 7) is -0.0443. The number of ether oxygens (including phenoxy) is 1. The number of Topliss-reactive ketones (excluding diaryl/α,β-unsaturated/α-hetero) is 1.